The van der Waals surface area contributed by atoms with Crippen molar-refractivity contribution in [2.45, 2.75) is 13.3 Å². The van der Waals surface area contributed by atoms with Crippen molar-refractivity contribution in [2.24, 2.45) is 0 Å². The van der Waals surface area contributed by atoms with E-state index >= 15 is 0 Å². The molecule has 7 nitrogen and oxygen atoms in total. The van der Waals surface area contributed by atoms with E-state index in [0.717, 1.165) is 11.0 Å². The van der Waals surface area contributed by atoms with Crippen LogP contribution in [0.5, 0.6) is 0 Å². The molecule has 2 N–H and O–H groups in total. The maximum absolute atomic E-state index is 12.2. The zero-order valence-electron chi connectivity index (χ0n) is 15.1. The van der Waals surface area contributed by atoms with E-state index in [9.17, 15) is 9.59 Å². The van der Waals surface area contributed by atoms with Gasteiger partial charge in [0.15, 0.2) is 5.76 Å². The molecule has 0 radical (unpaired) electrons. The van der Waals surface area contributed by atoms with Crippen molar-refractivity contribution in [1.82, 2.24) is 5.16 Å². The first-order chi connectivity index (χ1) is 13.6. The number of nitrogens with zero attached hydrogens (tertiary/aromatic N) is 1. The van der Waals surface area contributed by atoms with Gasteiger partial charge in [-0.15, -0.1) is 0 Å². The van der Waals surface area contributed by atoms with Crippen molar-refractivity contribution in [1.29, 1.82) is 0 Å². The maximum Gasteiger partial charge on any atom is 0.230 e. The molecule has 2 heterocycles. The zero-order valence-corrected chi connectivity index (χ0v) is 15.1. The number of benzene rings is 2. The van der Waals surface area contributed by atoms with Crippen LogP contribution in [0.25, 0.3) is 22.5 Å². The molecule has 7 heteroatoms. The highest BCUT2D eigenvalue weighted by Gasteiger charge is 2.14. The molecule has 140 valence electrons. The van der Waals surface area contributed by atoms with E-state index in [4.69, 9.17) is 8.94 Å². The summed E-state index contributed by atoms with van der Waals surface area (Å²) >= 11 is 0. The lowest BCUT2D eigenvalue weighted by molar-refractivity contribution is -0.116. The molecule has 2 amide bonds. The first-order valence-corrected chi connectivity index (χ1v) is 8.69. The van der Waals surface area contributed by atoms with Gasteiger partial charge in [0.25, 0.3) is 0 Å². The summed E-state index contributed by atoms with van der Waals surface area (Å²) in [5.41, 5.74) is 2.55. The molecular formula is C21H17N3O4. The molecule has 4 aromatic rings. The van der Waals surface area contributed by atoms with Crippen LogP contribution in [0.3, 0.4) is 0 Å². The van der Waals surface area contributed by atoms with Crippen molar-refractivity contribution in [3.05, 3.63) is 66.4 Å². The van der Waals surface area contributed by atoms with Gasteiger partial charge in [0.05, 0.1) is 12.1 Å². The van der Waals surface area contributed by atoms with E-state index in [2.05, 4.69) is 15.8 Å². The number of hydrogen-bond acceptors (Lipinski definition) is 5. The lowest BCUT2D eigenvalue weighted by Gasteiger charge is -2.06. The summed E-state index contributed by atoms with van der Waals surface area (Å²) in [6, 6.07) is 18.1. The largest absolute Gasteiger partial charge is 0.453 e. The average Bonchev–Trinajstić information content (AvgIpc) is 3.29. The highest BCUT2D eigenvalue weighted by atomic mass is 16.5. The number of rotatable bonds is 5. The Labute approximate surface area is 160 Å². The molecule has 4 rings (SSSR count). The quantitative estimate of drug-likeness (QED) is 0.544. The molecule has 0 bridgehead atoms. The Balaban J connectivity index is 1.40. The van der Waals surface area contributed by atoms with E-state index in [1.807, 2.05) is 30.3 Å². The fourth-order valence-corrected chi connectivity index (χ4v) is 2.82. The van der Waals surface area contributed by atoms with Gasteiger partial charge in [-0.05, 0) is 36.4 Å². The second-order valence-electron chi connectivity index (χ2n) is 6.31. The number of carbonyl (C=O) groups is 2. The van der Waals surface area contributed by atoms with E-state index in [1.54, 1.807) is 30.3 Å². The van der Waals surface area contributed by atoms with Crippen LogP contribution in [0.15, 0.2) is 69.6 Å². The Bertz CT molecular complexity index is 1110. The first kappa shape index (κ1) is 17.5. The fourth-order valence-electron chi connectivity index (χ4n) is 2.82. The Morgan fingerprint density at radius 2 is 1.64 bits per heavy atom. The Morgan fingerprint density at radius 1 is 0.929 bits per heavy atom. The van der Waals surface area contributed by atoms with E-state index in [1.165, 1.54) is 6.92 Å². The van der Waals surface area contributed by atoms with Gasteiger partial charge in [0.1, 0.15) is 5.58 Å². The Hall–Kier alpha value is -3.87. The van der Waals surface area contributed by atoms with E-state index < -0.39 is 0 Å². The van der Waals surface area contributed by atoms with Gasteiger partial charge >= 0.3 is 0 Å². The van der Waals surface area contributed by atoms with Crippen LogP contribution >= 0.6 is 0 Å². The van der Waals surface area contributed by atoms with Gasteiger partial charge in [-0.3, -0.25) is 9.59 Å². The Kier molecular flexibility index (Phi) is 4.63. The van der Waals surface area contributed by atoms with Crippen LogP contribution < -0.4 is 10.6 Å². The number of carbonyl (C=O) groups excluding carboxylic acids is 2. The van der Waals surface area contributed by atoms with Gasteiger partial charge < -0.3 is 19.6 Å². The molecule has 0 aliphatic rings. The standard InChI is InChI=1S/C21H17N3O4/c1-13(25)22-15-6-8-16(9-7-15)23-21(26)12-17-11-20(28-24-17)19-10-14-4-2-3-5-18(14)27-19/h2-11H,12H2,1H3,(H,22,25)(H,23,26). The topological polar surface area (TPSA) is 97.4 Å². The van der Waals surface area contributed by atoms with Crippen molar-refractivity contribution in [3.63, 3.8) is 0 Å². The van der Waals surface area contributed by atoms with Gasteiger partial charge in [-0.25, -0.2) is 0 Å². The highest BCUT2D eigenvalue weighted by molar-refractivity contribution is 5.93. The number of anilines is 2. The van der Waals surface area contributed by atoms with Crippen LogP contribution in [0, 0.1) is 0 Å². The maximum atomic E-state index is 12.2. The lowest BCUT2D eigenvalue weighted by atomic mass is 10.2. The predicted molar refractivity (Wildman–Crippen MR) is 105 cm³/mol. The molecule has 2 aromatic carbocycles. The van der Waals surface area contributed by atoms with Gasteiger partial charge in [-0.1, -0.05) is 23.4 Å². The van der Waals surface area contributed by atoms with Gasteiger partial charge in [-0.2, -0.15) is 0 Å². The van der Waals surface area contributed by atoms with Crippen LogP contribution in [0.1, 0.15) is 12.6 Å². The molecule has 0 saturated heterocycles. The second kappa shape index (κ2) is 7.40. The minimum Gasteiger partial charge on any atom is -0.453 e. The number of aromatic nitrogens is 1. The summed E-state index contributed by atoms with van der Waals surface area (Å²) < 4.78 is 11.1. The molecule has 0 fully saturated rings. The molecule has 0 unspecified atom stereocenters. The third kappa shape index (κ3) is 3.93. The summed E-state index contributed by atoms with van der Waals surface area (Å²) in [5.74, 6) is 0.660. The zero-order chi connectivity index (χ0) is 19.5. The first-order valence-electron chi connectivity index (χ1n) is 8.69. The van der Waals surface area contributed by atoms with Crippen LogP contribution in [0.4, 0.5) is 11.4 Å². The minimum atomic E-state index is -0.225. The van der Waals surface area contributed by atoms with E-state index in [-0.39, 0.29) is 18.2 Å². The molecule has 0 aliphatic carbocycles. The summed E-state index contributed by atoms with van der Waals surface area (Å²) in [5, 5.41) is 10.4. The Morgan fingerprint density at radius 3 is 2.36 bits per heavy atom. The van der Waals surface area contributed by atoms with Crippen LogP contribution in [-0.4, -0.2) is 17.0 Å². The summed E-state index contributed by atoms with van der Waals surface area (Å²) in [4.78, 5) is 23.3. The molecule has 2 aromatic heterocycles. The highest BCUT2D eigenvalue weighted by Crippen LogP contribution is 2.28. The lowest BCUT2D eigenvalue weighted by Crippen LogP contribution is -2.14. The smallest absolute Gasteiger partial charge is 0.230 e. The SMILES string of the molecule is CC(=O)Nc1ccc(NC(=O)Cc2cc(-c3cc4ccccc4o3)on2)cc1. The summed E-state index contributed by atoms with van der Waals surface area (Å²) in [6.45, 7) is 1.44. The number of nitrogens with one attached hydrogen (secondary N) is 2. The average molecular weight is 375 g/mol. The van der Waals surface area contributed by atoms with Crippen molar-refractivity contribution in [3.8, 4) is 11.5 Å². The molecule has 28 heavy (non-hydrogen) atoms. The molecular weight excluding hydrogens is 358 g/mol. The fraction of sp³-hybridized carbons (Fsp3) is 0.0952. The van der Waals surface area contributed by atoms with Crippen molar-refractivity contribution >= 4 is 34.2 Å². The third-order valence-corrected chi connectivity index (χ3v) is 4.06. The third-order valence-electron chi connectivity index (χ3n) is 4.06. The normalized spacial score (nSPS) is 10.8. The van der Waals surface area contributed by atoms with Gasteiger partial charge in [0, 0.05) is 29.8 Å². The molecule has 0 saturated carbocycles. The van der Waals surface area contributed by atoms with Crippen molar-refractivity contribution in [2.75, 3.05) is 10.6 Å². The van der Waals surface area contributed by atoms with E-state index in [0.29, 0.717) is 28.6 Å². The summed E-state index contributed by atoms with van der Waals surface area (Å²) in [7, 11) is 0. The number of furan rings is 1. The second-order valence-corrected chi connectivity index (χ2v) is 6.31. The predicted octanol–water partition coefficient (Wildman–Crippen LogP) is 4.23. The molecule has 0 atom stereocenters. The number of para-hydroxylation sites is 1. The number of fused-ring (bicyclic) bond motifs is 1. The molecule has 0 aliphatic heterocycles. The van der Waals surface area contributed by atoms with Crippen LogP contribution in [0.2, 0.25) is 0 Å². The molecule has 0 spiro atoms. The summed E-state index contributed by atoms with van der Waals surface area (Å²) in [6.07, 6.45) is 0.0666. The van der Waals surface area contributed by atoms with Crippen molar-refractivity contribution < 1.29 is 18.5 Å². The monoisotopic (exact) mass is 375 g/mol. The minimum absolute atomic E-state index is 0.0666. The van der Waals surface area contributed by atoms with Crippen LogP contribution in [-0.2, 0) is 16.0 Å². The number of amides is 2. The number of hydrogen-bond donors (Lipinski definition) is 2. The van der Waals surface area contributed by atoms with Gasteiger partial charge in [0.2, 0.25) is 17.6 Å².